The average Bonchev–Trinajstić information content (AvgIpc) is 3.25. The highest BCUT2D eigenvalue weighted by atomic mass is 32.1. The number of likely N-dealkylation sites (tertiary alicyclic amines) is 1. The Bertz CT molecular complexity index is 600. The Morgan fingerprint density at radius 2 is 2.38 bits per heavy atom. The van der Waals surface area contributed by atoms with E-state index in [1.807, 2.05) is 4.90 Å². The van der Waals surface area contributed by atoms with Gasteiger partial charge in [0, 0.05) is 30.6 Å². The van der Waals surface area contributed by atoms with Crippen molar-refractivity contribution in [3.8, 4) is 0 Å². The van der Waals surface area contributed by atoms with E-state index >= 15 is 0 Å². The molecule has 24 heavy (non-hydrogen) atoms. The minimum atomic E-state index is 0.0488. The molecule has 2 aliphatic heterocycles. The lowest BCUT2D eigenvalue weighted by molar-refractivity contribution is -0.130. The van der Waals surface area contributed by atoms with E-state index in [2.05, 4.69) is 33.6 Å². The first-order valence-corrected chi connectivity index (χ1v) is 9.66. The number of thiophene rings is 1. The molecule has 0 spiro atoms. The molecular formula is C17H27N5OS. The summed E-state index contributed by atoms with van der Waals surface area (Å²) >= 11 is 1.78. The Kier molecular flexibility index (Phi) is 5.73. The number of nitrogens with two attached hydrogens (primary N) is 1. The van der Waals surface area contributed by atoms with Gasteiger partial charge in [-0.15, -0.1) is 11.3 Å². The van der Waals surface area contributed by atoms with Gasteiger partial charge in [0.15, 0.2) is 5.96 Å². The van der Waals surface area contributed by atoms with E-state index < -0.39 is 0 Å². The summed E-state index contributed by atoms with van der Waals surface area (Å²) in [6.45, 7) is 6.84. The van der Waals surface area contributed by atoms with E-state index in [0.29, 0.717) is 18.5 Å². The van der Waals surface area contributed by atoms with Crippen molar-refractivity contribution in [2.24, 2.45) is 10.7 Å². The summed E-state index contributed by atoms with van der Waals surface area (Å²) in [5.74, 6) is 0.423. The number of guanidine groups is 1. The smallest absolute Gasteiger partial charge is 0.244 e. The number of fused-ring (bicyclic) bond motifs is 1. The molecule has 1 unspecified atom stereocenters. The summed E-state index contributed by atoms with van der Waals surface area (Å²) in [7, 11) is 0. The lowest BCUT2D eigenvalue weighted by Gasteiger charge is -2.26. The predicted octanol–water partition coefficient (Wildman–Crippen LogP) is 1.02. The fraction of sp³-hybridized carbons (Fsp3) is 0.647. The van der Waals surface area contributed by atoms with Crippen molar-refractivity contribution in [1.82, 2.24) is 15.1 Å². The second-order valence-corrected chi connectivity index (χ2v) is 7.44. The van der Waals surface area contributed by atoms with Crippen LogP contribution >= 0.6 is 11.3 Å². The van der Waals surface area contributed by atoms with Gasteiger partial charge in [0.05, 0.1) is 0 Å². The molecule has 1 saturated heterocycles. The summed E-state index contributed by atoms with van der Waals surface area (Å²) in [5, 5.41) is 5.27. The van der Waals surface area contributed by atoms with Crippen LogP contribution in [0.2, 0.25) is 0 Å². The fourth-order valence-corrected chi connectivity index (χ4v) is 4.42. The van der Waals surface area contributed by atoms with Crippen LogP contribution in [0.4, 0.5) is 0 Å². The third-order valence-electron chi connectivity index (χ3n) is 4.97. The summed E-state index contributed by atoms with van der Waals surface area (Å²) in [6.07, 6.45) is 3.39. The fourth-order valence-electron chi connectivity index (χ4n) is 3.54. The van der Waals surface area contributed by atoms with Crippen molar-refractivity contribution in [1.29, 1.82) is 0 Å². The van der Waals surface area contributed by atoms with Crippen molar-refractivity contribution in [3.05, 3.63) is 21.9 Å². The second kappa shape index (κ2) is 7.98. The lowest BCUT2D eigenvalue weighted by Crippen LogP contribution is -2.43. The maximum absolute atomic E-state index is 12.3. The zero-order valence-corrected chi connectivity index (χ0v) is 15.1. The van der Waals surface area contributed by atoms with Gasteiger partial charge in [-0.05, 0) is 49.4 Å². The highest BCUT2D eigenvalue weighted by molar-refractivity contribution is 7.10. The quantitative estimate of drug-likeness (QED) is 0.615. The molecule has 2 aliphatic rings. The summed E-state index contributed by atoms with van der Waals surface area (Å²) in [5.41, 5.74) is 7.20. The zero-order valence-electron chi connectivity index (χ0n) is 14.3. The number of hydrogen-bond acceptors (Lipinski definition) is 4. The molecule has 0 radical (unpaired) electrons. The monoisotopic (exact) mass is 349 g/mol. The Balaban J connectivity index is 1.44. The molecule has 3 heterocycles. The van der Waals surface area contributed by atoms with E-state index in [4.69, 9.17) is 5.73 Å². The number of nitrogens with zero attached hydrogens (tertiary/aromatic N) is 3. The largest absolute Gasteiger partial charge is 0.370 e. The third-order valence-corrected chi connectivity index (χ3v) is 5.99. The standard InChI is InChI=1S/C17H27N5OS/c1-2-21-7-3-4-14(21)10-19-17(18)20-11-16(23)22-8-5-15-13(12-22)6-9-24-15/h6,9,14H,2-5,7-8,10-12H2,1H3,(H3,18,19,20). The number of aliphatic imine (C=N–C) groups is 1. The highest BCUT2D eigenvalue weighted by Gasteiger charge is 2.23. The predicted molar refractivity (Wildman–Crippen MR) is 98.2 cm³/mol. The van der Waals surface area contributed by atoms with Crippen LogP contribution in [-0.4, -0.2) is 60.4 Å². The van der Waals surface area contributed by atoms with E-state index in [1.54, 1.807) is 11.3 Å². The molecule has 3 N–H and O–H groups in total. The summed E-state index contributed by atoms with van der Waals surface area (Å²) < 4.78 is 0. The molecule has 0 aromatic carbocycles. The van der Waals surface area contributed by atoms with Crippen LogP contribution in [-0.2, 0) is 17.8 Å². The minimum absolute atomic E-state index is 0.0488. The van der Waals surface area contributed by atoms with Gasteiger partial charge in [-0.25, -0.2) is 4.99 Å². The molecule has 132 valence electrons. The van der Waals surface area contributed by atoms with Crippen molar-refractivity contribution >= 4 is 23.2 Å². The van der Waals surface area contributed by atoms with E-state index in [9.17, 15) is 4.79 Å². The molecular weight excluding hydrogens is 322 g/mol. The summed E-state index contributed by atoms with van der Waals surface area (Å²) in [4.78, 5) is 22.3. The van der Waals surface area contributed by atoms with Crippen LogP contribution < -0.4 is 11.1 Å². The van der Waals surface area contributed by atoms with Crippen LogP contribution in [0.5, 0.6) is 0 Å². The maximum atomic E-state index is 12.3. The van der Waals surface area contributed by atoms with Crippen LogP contribution in [0.15, 0.2) is 16.4 Å². The van der Waals surface area contributed by atoms with Gasteiger partial charge in [-0.1, -0.05) is 6.92 Å². The van der Waals surface area contributed by atoms with Crippen molar-refractivity contribution in [2.45, 2.75) is 38.8 Å². The average molecular weight is 350 g/mol. The van der Waals surface area contributed by atoms with Gasteiger partial charge < -0.3 is 16.0 Å². The Hall–Kier alpha value is -1.60. The van der Waals surface area contributed by atoms with Crippen molar-refractivity contribution in [3.63, 3.8) is 0 Å². The lowest BCUT2D eigenvalue weighted by atomic mass is 10.1. The Morgan fingerprint density at radius 3 is 3.21 bits per heavy atom. The number of hydrogen-bond donors (Lipinski definition) is 2. The normalized spacial score (nSPS) is 21.8. The number of carbonyl (C=O) groups is 1. The third kappa shape index (κ3) is 4.08. The molecule has 1 aromatic heterocycles. The van der Waals surface area contributed by atoms with Gasteiger partial charge >= 0.3 is 0 Å². The number of amides is 1. The molecule has 6 nitrogen and oxygen atoms in total. The molecule has 0 saturated carbocycles. The van der Waals surface area contributed by atoms with Gasteiger partial charge in [0.1, 0.15) is 6.54 Å². The van der Waals surface area contributed by atoms with Crippen LogP contribution in [0.1, 0.15) is 30.2 Å². The number of nitrogens with one attached hydrogen (secondary N) is 1. The van der Waals surface area contributed by atoms with Gasteiger partial charge in [-0.2, -0.15) is 0 Å². The Morgan fingerprint density at radius 1 is 1.50 bits per heavy atom. The zero-order chi connectivity index (χ0) is 16.9. The molecule has 7 heteroatoms. The molecule has 0 aliphatic carbocycles. The van der Waals surface area contributed by atoms with Crippen LogP contribution in [0.3, 0.4) is 0 Å². The molecule has 0 bridgehead atoms. The topological polar surface area (TPSA) is 74.0 Å². The van der Waals surface area contributed by atoms with Gasteiger partial charge in [0.2, 0.25) is 5.91 Å². The van der Waals surface area contributed by atoms with Crippen molar-refractivity contribution < 1.29 is 4.79 Å². The molecule has 1 amide bonds. The van der Waals surface area contributed by atoms with Crippen LogP contribution in [0, 0.1) is 0 Å². The molecule has 1 aromatic rings. The first kappa shape index (κ1) is 17.2. The summed E-state index contributed by atoms with van der Waals surface area (Å²) in [6, 6.07) is 2.64. The number of rotatable bonds is 5. The molecule has 1 atom stereocenters. The highest BCUT2D eigenvalue weighted by Crippen LogP contribution is 2.23. The van der Waals surface area contributed by atoms with E-state index in [-0.39, 0.29) is 12.5 Å². The minimum Gasteiger partial charge on any atom is -0.370 e. The first-order valence-electron chi connectivity index (χ1n) is 8.78. The second-order valence-electron chi connectivity index (χ2n) is 6.44. The van der Waals surface area contributed by atoms with Gasteiger partial charge in [0.25, 0.3) is 0 Å². The van der Waals surface area contributed by atoms with Crippen LogP contribution in [0.25, 0.3) is 0 Å². The van der Waals surface area contributed by atoms with Gasteiger partial charge in [-0.3, -0.25) is 9.69 Å². The molecule has 3 rings (SSSR count). The number of carbonyl (C=O) groups excluding carboxylic acids is 1. The van der Waals surface area contributed by atoms with E-state index in [1.165, 1.54) is 23.3 Å². The van der Waals surface area contributed by atoms with E-state index in [0.717, 1.165) is 32.6 Å². The first-order chi connectivity index (χ1) is 11.7. The Labute approximate surface area is 147 Å². The van der Waals surface area contributed by atoms with Crippen molar-refractivity contribution in [2.75, 3.05) is 32.7 Å². The maximum Gasteiger partial charge on any atom is 0.244 e. The number of likely N-dealkylation sites (N-methyl/N-ethyl adjacent to an activating group) is 1. The SMILES string of the molecule is CCN1CCCC1CNC(N)=NCC(=O)N1CCc2sccc2C1. The molecule has 1 fully saturated rings.